The summed E-state index contributed by atoms with van der Waals surface area (Å²) in [5.74, 6) is 0.844. The van der Waals surface area contributed by atoms with Gasteiger partial charge in [0.05, 0.1) is 7.11 Å². The van der Waals surface area contributed by atoms with Gasteiger partial charge in [0.25, 0.3) is 0 Å². The van der Waals surface area contributed by atoms with E-state index >= 15 is 0 Å². The fourth-order valence-electron chi connectivity index (χ4n) is 1.04. The third-order valence-corrected chi connectivity index (χ3v) is 2.06. The maximum absolute atomic E-state index is 11.4. The van der Waals surface area contributed by atoms with E-state index in [1.165, 1.54) is 19.3 Å². The van der Waals surface area contributed by atoms with Crippen LogP contribution in [0.25, 0.3) is 6.08 Å². The molecular formula is C11H13N3O4S. The Balaban J connectivity index is 2.36. The average molecular weight is 283 g/mol. The number of rotatable bonds is 2. The van der Waals surface area contributed by atoms with Crippen LogP contribution in [0.1, 0.15) is 11.5 Å². The molecule has 0 unspecified atom stereocenters. The van der Waals surface area contributed by atoms with Crippen molar-refractivity contribution in [2.75, 3.05) is 7.11 Å². The fraction of sp³-hybridized carbons (Fsp3) is 0.182. The lowest BCUT2D eigenvalue weighted by molar-refractivity contribution is -0.115. The molecule has 102 valence electrons. The summed E-state index contributed by atoms with van der Waals surface area (Å²) >= 11 is 4.76. The number of methoxy groups -OCH3 is 1. The second-order valence-electron chi connectivity index (χ2n) is 3.34. The summed E-state index contributed by atoms with van der Waals surface area (Å²) in [4.78, 5) is 22.2. The van der Waals surface area contributed by atoms with Crippen molar-refractivity contribution in [3.05, 3.63) is 29.7 Å². The maximum atomic E-state index is 11.4. The van der Waals surface area contributed by atoms with Crippen LogP contribution in [0.15, 0.2) is 22.6 Å². The molecule has 0 radical (unpaired) electrons. The van der Waals surface area contributed by atoms with Gasteiger partial charge in [-0.3, -0.25) is 15.5 Å². The van der Waals surface area contributed by atoms with Crippen LogP contribution in [-0.4, -0.2) is 24.2 Å². The lowest BCUT2D eigenvalue weighted by Gasteiger charge is -2.07. The number of carbonyl (C=O) groups excluding carboxylic acids is 2. The van der Waals surface area contributed by atoms with Gasteiger partial charge in [-0.25, -0.2) is 10.2 Å². The van der Waals surface area contributed by atoms with E-state index in [0.29, 0.717) is 5.76 Å². The van der Waals surface area contributed by atoms with Gasteiger partial charge < -0.3 is 9.15 Å². The van der Waals surface area contributed by atoms with Gasteiger partial charge in [0.15, 0.2) is 5.11 Å². The molecule has 8 heteroatoms. The highest BCUT2D eigenvalue weighted by atomic mass is 32.1. The number of carbonyl (C=O) groups is 2. The van der Waals surface area contributed by atoms with Crippen molar-refractivity contribution in [1.29, 1.82) is 0 Å². The minimum atomic E-state index is -0.724. The predicted octanol–water partition coefficient (Wildman–Crippen LogP) is 0.863. The second kappa shape index (κ2) is 7.17. The van der Waals surface area contributed by atoms with Crippen molar-refractivity contribution in [1.82, 2.24) is 16.2 Å². The molecule has 1 aromatic heterocycles. The van der Waals surface area contributed by atoms with Gasteiger partial charge in [-0.1, -0.05) is 0 Å². The smallest absolute Gasteiger partial charge is 0.425 e. The number of ether oxygens (including phenoxy) is 1. The monoisotopic (exact) mass is 283 g/mol. The van der Waals surface area contributed by atoms with Crippen molar-refractivity contribution in [3.63, 3.8) is 0 Å². The second-order valence-corrected chi connectivity index (χ2v) is 3.75. The summed E-state index contributed by atoms with van der Waals surface area (Å²) < 4.78 is 9.55. The quantitative estimate of drug-likeness (QED) is 0.423. The number of nitrogens with one attached hydrogen (secondary N) is 3. The van der Waals surface area contributed by atoms with E-state index in [9.17, 15) is 9.59 Å². The zero-order valence-corrected chi connectivity index (χ0v) is 11.2. The summed E-state index contributed by atoms with van der Waals surface area (Å²) in [7, 11) is 1.20. The topological polar surface area (TPSA) is 92.6 Å². The first kappa shape index (κ1) is 14.7. The first-order valence-corrected chi connectivity index (χ1v) is 5.61. The van der Waals surface area contributed by atoms with E-state index in [-0.39, 0.29) is 5.11 Å². The number of amides is 2. The van der Waals surface area contributed by atoms with Crippen LogP contribution in [0.2, 0.25) is 0 Å². The molecular weight excluding hydrogens is 270 g/mol. The van der Waals surface area contributed by atoms with E-state index in [2.05, 4.69) is 20.9 Å². The molecule has 7 nitrogen and oxygen atoms in total. The van der Waals surface area contributed by atoms with E-state index < -0.39 is 12.0 Å². The third-order valence-electron chi connectivity index (χ3n) is 1.86. The molecule has 0 fully saturated rings. The molecule has 0 spiro atoms. The van der Waals surface area contributed by atoms with Gasteiger partial charge in [0.1, 0.15) is 11.5 Å². The Bertz CT molecular complexity index is 510. The van der Waals surface area contributed by atoms with E-state index in [4.69, 9.17) is 16.6 Å². The molecule has 0 aliphatic carbocycles. The van der Waals surface area contributed by atoms with Crippen molar-refractivity contribution < 1.29 is 18.7 Å². The first-order chi connectivity index (χ1) is 9.01. The molecule has 19 heavy (non-hydrogen) atoms. The molecule has 0 atom stereocenters. The number of furan rings is 1. The van der Waals surface area contributed by atoms with Gasteiger partial charge in [-0.15, -0.1) is 0 Å². The van der Waals surface area contributed by atoms with Crippen LogP contribution in [0.5, 0.6) is 0 Å². The molecule has 0 saturated carbocycles. The summed E-state index contributed by atoms with van der Waals surface area (Å²) in [6, 6.07) is 3.51. The van der Waals surface area contributed by atoms with Crippen molar-refractivity contribution >= 4 is 35.4 Å². The number of hydrogen-bond donors (Lipinski definition) is 3. The Morgan fingerprint density at radius 1 is 1.37 bits per heavy atom. The third kappa shape index (κ3) is 5.68. The molecule has 1 aromatic rings. The van der Waals surface area contributed by atoms with Crippen LogP contribution in [0, 0.1) is 6.92 Å². The fourth-order valence-corrected chi connectivity index (χ4v) is 1.20. The lowest BCUT2D eigenvalue weighted by atomic mass is 10.4. The van der Waals surface area contributed by atoms with Crippen LogP contribution in [-0.2, 0) is 9.53 Å². The molecule has 0 aliphatic rings. The summed E-state index contributed by atoms with van der Waals surface area (Å²) in [5.41, 5.74) is 4.39. The minimum absolute atomic E-state index is 0.0596. The molecule has 0 saturated heterocycles. The maximum Gasteiger partial charge on any atom is 0.425 e. The lowest BCUT2D eigenvalue weighted by Crippen LogP contribution is -2.48. The van der Waals surface area contributed by atoms with Gasteiger partial charge >= 0.3 is 6.09 Å². The highest BCUT2D eigenvalue weighted by Crippen LogP contribution is 2.07. The Hall–Kier alpha value is -2.35. The Morgan fingerprint density at radius 3 is 2.68 bits per heavy atom. The number of hydrazine groups is 1. The summed E-state index contributed by atoms with van der Waals surface area (Å²) in [6.45, 7) is 1.80. The summed E-state index contributed by atoms with van der Waals surface area (Å²) in [5, 5.41) is 2.26. The van der Waals surface area contributed by atoms with Crippen molar-refractivity contribution in [2.24, 2.45) is 0 Å². The number of thiocarbonyl (C=S) groups is 1. The van der Waals surface area contributed by atoms with Gasteiger partial charge in [0.2, 0.25) is 5.91 Å². The highest BCUT2D eigenvalue weighted by molar-refractivity contribution is 7.80. The van der Waals surface area contributed by atoms with Crippen LogP contribution in [0.3, 0.4) is 0 Å². The molecule has 0 bridgehead atoms. The van der Waals surface area contributed by atoms with Crippen molar-refractivity contribution in [3.8, 4) is 0 Å². The van der Waals surface area contributed by atoms with Gasteiger partial charge in [-0.05, 0) is 37.4 Å². The van der Waals surface area contributed by atoms with Crippen molar-refractivity contribution in [2.45, 2.75) is 6.92 Å². The predicted molar refractivity (Wildman–Crippen MR) is 71.9 cm³/mol. The van der Waals surface area contributed by atoms with Gasteiger partial charge in [0, 0.05) is 6.08 Å². The zero-order chi connectivity index (χ0) is 14.3. The average Bonchev–Trinajstić information content (AvgIpc) is 2.79. The standard InChI is InChI=1S/C11H13N3O4S/c1-7-3-4-8(18-7)5-6-9(15)12-10(19)13-14-11(16)17-2/h3-6H,1-2H3,(H,14,16)(H2,12,13,15,19). The van der Waals surface area contributed by atoms with Crippen LogP contribution in [0.4, 0.5) is 4.79 Å². The number of hydrogen-bond acceptors (Lipinski definition) is 5. The molecule has 3 N–H and O–H groups in total. The molecule has 1 rings (SSSR count). The first-order valence-electron chi connectivity index (χ1n) is 5.20. The van der Waals surface area contributed by atoms with E-state index in [0.717, 1.165) is 5.76 Å². The Kier molecular flexibility index (Phi) is 5.55. The largest absolute Gasteiger partial charge is 0.462 e. The number of aryl methyl sites for hydroxylation is 1. The Morgan fingerprint density at radius 2 is 2.11 bits per heavy atom. The van der Waals surface area contributed by atoms with Gasteiger partial charge in [-0.2, -0.15) is 0 Å². The SMILES string of the molecule is COC(=O)NNC(=S)NC(=O)C=Cc1ccc(C)o1. The Labute approximate surface area is 115 Å². The molecule has 1 heterocycles. The van der Waals surface area contributed by atoms with E-state index in [1.54, 1.807) is 19.1 Å². The normalized spacial score (nSPS) is 10.0. The minimum Gasteiger partial charge on any atom is -0.462 e. The molecule has 0 aliphatic heterocycles. The molecule has 2 amide bonds. The zero-order valence-electron chi connectivity index (χ0n) is 10.4. The van der Waals surface area contributed by atoms with Crippen LogP contribution >= 0.6 is 12.2 Å². The van der Waals surface area contributed by atoms with E-state index in [1.807, 2.05) is 0 Å². The van der Waals surface area contributed by atoms with Crippen LogP contribution < -0.4 is 16.2 Å². The molecule has 0 aromatic carbocycles. The summed E-state index contributed by atoms with van der Waals surface area (Å²) in [6.07, 6.45) is 2.03. The highest BCUT2D eigenvalue weighted by Gasteiger charge is 2.03.